The third kappa shape index (κ3) is 4.88. The summed E-state index contributed by atoms with van der Waals surface area (Å²) < 4.78 is 0. The van der Waals surface area contributed by atoms with Gasteiger partial charge in [0.25, 0.3) is 5.91 Å². The lowest BCUT2D eigenvalue weighted by Gasteiger charge is -2.08. The molecule has 0 radical (unpaired) electrons. The fourth-order valence-corrected chi connectivity index (χ4v) is 2.60. The van der Waals surface area contributed by atoms with Gasteiger partial charge in [0.1, 0.15) is 17.4 Å². The van der Waals surface area contributed by atoms with Gasteiger partial charge in [-0.25, -0.2) is 15.0 Å². The van der Waals surface area contributed by atoms with Crippen LogP contribution < -0.4 is 5.32 Å². The lowest BCUT2D eigenvalue weighted by Crippen LogP contribution is -2.13. The Balaban J connectivity index is 1.72. The summed E-state index contributed by atoms with van der Waals surface area (Å²) in [6.07, 6.45) is 5.47. The molecular formula is C21H22N4O2. The molecule has 0 atom stereocenters. The highest BCUT2D eigenvalue weighted by molar-refractivity contribution is 6.03. The number of carbonyl (C=O) groups excluding carboxylic acids is 1. The van der Waals surface area contributed by atoms with Crippen LogP contribution in [0, 0.1) is 0 Å². The van der Waals surface area contributed by atoms with Gasteiger partial charge in [-0.2, -0.15) is 0 Å². The average Bonchev–Trinajstić information content (AvgIpc) is 3.51. The van der Waals surface area contributed by atoms with Gasteiger partial charge in [-0.3, -0.25) is 4.79 Å². The maximum atomic E-state index is 12.2. The molecule has 2 N–H and O–H groups in total. The zero-order valence-electron chi connectivity index (χ0n) is 15.4. The highest BCUT2D eigenvalue weighted by atomic mass is 16.3. The normalized spacial score (nSPS) is 14.7. The summed E-state index contributed by atoms with van der Waals surface area (Å²) in [6, 6.07) is 9.25. The molecule has 1 saturated carbocycles. The number of amidine groups is 1. The number of carbonyl (C=O) groups is 1. The summed E-state index contributed by atoms with van der Waals surface area (Å²) in [5, 5.41) is 12.7. The van der Waals surface area contributed by atoms with Crippen LogP contribution in [0.5, 0.6) is 5.75 Å². The summed E-state index contributed by atoms with van der Waals surface area (Å²) in [4.78, 5) is 24.2. The van der Waals surface area contributed by atoms with E-state index in [0.29, 0.717) is 23.1 Å². The Kier molecular flexibility index (Phi) is 5.45. The molecule has 0 spiro atoms. The molecule has 27 heavy (non-hydrogen) atoms. The third-order valence-electron chi connectivity index (χ3n) is 4.36. The van der Waals surface area contributed by atoms with Gasteiger partial charge >= 0.3 is 0 Å². The molecule has 0 bridgehead atoms. The predicted octanol–water partition coefficient (Wildman–Crippen LogP) is 4.29. The largest absolute Gasteiger partial charge is 0.508 e. The number of phenols is 1. The van der Waals surface area contributed by atoms with Crippen molar-refractivity contribution in [3.05, 3.63) is 53.9 Å². The lowest BCUT2D eigenvalue weighted by molar-refractivity contribution is -0.112. The summed E-state index contributed by atoms with van der Waals surface area (Å²) in [5.41, 5.74) is 3.40. The van der Waals surface area contributed by atoms with Crippen molar-refractivity contribution >= 4 is 24.3 Å². The fraction of sp³-hybridized carbons (Fsp3) is 0.238. The second-order valence-electron chi connectivity index (χ2n) is 6.62. The Morgan fingerprint density at radius 3 is 2.67 bits per heavy atom. The van der Waals surface area contributed by atoms with Gasteiger partial charge in [0.2, 0.25) is 0 Å². The van der Waals surface area contributed by atoms with E-state index in [1.165, 1.54) is 19.0 Å². The molecule has 3 rings (SSSR count). The molecule has 0 unspecified atom stereocenters. The number of aromatic nitrogens is 1. The first-order valence-corrected chi connectivity index (χ1v) is 8.76. The molecule has 6 heteroatoms. The summed E-state index contributed by atoms with van der Waals surface area (Å²) in [5.74, 6) is 1.46. The van der Waals surface area contributed by atoms with Crippen LogP contribution in [-0.2, 0) is 4.79 Å². The first-order chi connectivity index (χ1) is 13.0. The van der Waals surface area contributed by atoms with E-state index in [0.717, 1.165) is 16.7 Å². The Hall–Kier alpha value is -3.28. The van der Waals surface area contributed by atoms with Gasteiger partial charge in [0, 0.05) is 23.5 Å². The number of hydrogen-bond acceptors (Lipinski definition) is 4. The molecule has 1 aliphatic rings. The number of aromatic hydroxyl groups is 1. The number of aliphatic imine (C=N–C) groups is 2. The first kappa shape index (κ1) is 18.5. The second-order valence-corrected chi connectivity index (χ2v) is 6.62. The molecule has 1 aliphatic carbocycles. The molecule has 1 aromatic carbocycles. The fourth-order valence-electron chi connectivity index (χ4n) is 2.60. The van der Waals surface area contributed by atoms with Crippen molar-refractivity contribution in [2.24, 2.45) is 9.98 Å². The smallest absolute Gasteiger partial charge is 0.254 e. The molecule has 1 fully saturated rings. The van der Waals surface area contributed by atoms with Crippen LogP contribution in [-0.4, -0.2) is 28.6 Å². The lowest BCUT2D eigenvalue weighted by atomic mass is 10.0. The van der Waals surface area contributed by atoms with Crippen LogP contribution in [0.15, 0.2) is 58.3 Å². The number of rotatable bonds is 5. The Labute approximate surface area is 158 Å². The van der Waals surface area contributed by atoms with Gasteiger partial charge in [0.05, 0.1) is 0 Å². The minimum Gasteiger partial charge on any atom is -0.508 e. The summed E-state index contributed by atoms with van der Waals surface area (Å²) in [6.45, 7) is 6.73. The molecule has 138 valence electrons. The molecule has 0 aliphatic heterocycles. The number of pyridine rings is 1. The van der Waals surface area contributed by atoms with E-state index in [2.05, 4.69) is 33.1 Å². The van der Waals surface area contributed by atoms with E-state index < -0.39 is 0 Å². The Bertz CT molecular complexity index is 926. The van der Waals surface area contributed by atoms with E-state index in [4.69, 9.17) is 0 Å². The van der Waals surface area contributed by atoms with Crippen LogP contribution in [0.1, 0.15) is 38.2 Å². The molecule has 6 nitrogen and oxygen atoms in total. The number of amides is 1. The van der Waals surface area contributed by atoms with Crippen molar-refractivity contribution in [2.75, 3.05) is 5.32 Å². The van der Waals surface area contributed by atoms with Crippen molar-refractivity contribution in [3.63, 3.8) is 0 Å². The number of phenolic OH excluding ortho intramolecular Hbond substituents is 1. The van der Waals surface area contributed by atoms with Crippen LogP contribution in [0.3, 0.4) is 0 Å². The van der Waals surface area contributed by atoms with Crippen LogP contribution in [0.2, 0.25) is 0 Å². The number of nitrogens with zero attached hydrogens (tertiary/aromatic N) is 3. The molecular weight excluding hydrogens is 340 g/mol. The zero-order chi connectivity index (χ0) is 19.4. The zero-order valence-corrected chi connectivity index (χ0v) is 15.4. The second kappa shape index (κ2) is 7.95. The van der Waals surface area contributed by atoms with E-state index >= 15 is 0 Å². The standard InChI is InChI=1S/C21H22N4O2/c1-13(11-23-14(2)22-3)21(27)25-20-7-6-16(12-24-20)18-8-17(15-4-5-15)9-19(26)10-18/h6-12,15,26H,3-5H2,1-2H3,(H,24,25,27)/b13-11+,23-14-. The maximum Gasteiger partial charge on any atom is 0.254 e. The van der Waals surface area contributed by atoms with Crippen LogP contribution in [0.4, 0.5) is 5.82 Å². The van der Waals surface area contributed by atoms with Gasteiger partial charge in [0.15, 0.2) is 0 Å². The van der Waals surface area contributed by atoms with Crippen molar-refractivity contribution in [1.29, 1.82) is 0 Å². The molecule has 1 amide bonds. The van der Waals surface area contributed by atoms with Gasteiger partial charge in [-0.05, 0) is 74.7 Å². The number of anilines is 1. The van der Waals surface area contributed by atoms with E-state index in [-0.39, 0.29) is 11.7 Å². The van der Waals surface area contributed by atoms with Crippen molar-refractivity contribution < 1.29 is 9.90 Å². The highest BCUT2D eigenvalue weighted by Crippen LogP contribution is 2.42. The van der Waals surface area contributed by atoms with E-state index in [9.17, 15) is 9.90 Å². The predicted molar refractivity (Wildman–Crippen MR) is 108 cm³/mol. The summed E-state index contributed by atoms with van der Waals surface area (Å²) in [7, 11) is 0. The van der Waals surface area contributed by atoms with Crippen molar-refractivity contribution in [3.8, 4) is 16.9 Å². The van der Waals surface area contributed by atoms with E-state index in [1.54, 1.807) is 32.2 Å². The Morgan fingerprint density at radius 1 is 1.26 bits per heavy atom. The van der Waals surface area contributed by atoms with Crippen LogP contribution in [0.25, 0.3) is 11.1 Å². The first-order valence-electron chi connectivity index (χ1n) is 8.76. The van der Waals surface area contributed by atoms with Gasteiger partial charge < -0.3 is 10.4 Å². The number of hydrogen-bond donors (Lipinski definition) is 2. The summed E-state index contributed by atoms with van der Waals surface area (Å²) >= 11 is 0. The number of nitrogens with one attached hydrogen (secondary N) is 1. The minimum absolute atomic E-state index is 0.261. The quantitative estimate of drug-likeness (QED) is 0.472. The number of benzene rings is 1. The van der Waals surface area contributed by atoms with Crippen molar-refractivity contribution in [2.45, 2.75) is 32.6 Å². The molecule has 1 aromatic heterocycles. The maximum absolute atomic E-state index is 12.2. The molecule has 1 heterocycles. The molecule has 0 saturated heterocycles. The Morgan fingerprint density at radius 2 is 2.04 bits per heavy atom. The van der Waals surface area contributed by atoms with Gasteiger partial charge in [-0.1, -0.05) is 6.07 Å². The van der Waals surface area contributed by atoms with Gasteiger partial charge in [-0.15, -0.1) is 0 Å². The third-order valence-corrected chi connectivity index (χ3v) is 4.36. The van der Waals surface area contributed by atoms with E-state index in [1.807, 2.05) is 12.1 Å². The molecule has 2 aromatic rings. The SMILES string of the molecule is C=N/C(C)=N\C=C(/C)C(=O)Nc1ccc(-c2cc(O)cc(C3CC3)c2)cn1. The monoisotopic (exact) mass is 362 g/mol. The minimum atomic E-state index is -0.288. The van der Waals surface area contributed by atoms with Crippen LogP contribution >= 0.6 is 0 Å². The van der Waals surface area contributed by atoms with Crippen molar-refractivity contribution in [1.82, 2.24) is 4.98 Å². The average molecular weight is 362 g/mol. The highest BCUT2D eigenvalue weighted by Gasteiger charge is 2.24. The topological polar surface area (TPSA) is 86.9 Å².